The third-order valence-electron chi connectivity index (χ3n) is 2.39. The van der Waals surface area contributed by atoms with Crippen molar-refractivity contribution in [2.45, 2.75) is 19.9 Å². The normalized spacial score (nSPS) is 10.5. The Morgan fingerprint density at radius 1 is 1.35 bits per heavy atom. The lowest BCUT2D eigenvalue weighted by Crippen LogP contribution is -2.02. The first-order valence-corrected chi connectivity index (χ1v) is 5.67. The molecular weight excluding hydrogens is 216 g/mol. The number of aromatic nitrogens is 3. The first-order valence-electron chi connectivity index (χ1n) is 5.67. The van der Waals surface area contributed by atoms with Crippen LogP contribution in [0.4, 0.5) is 0 Å². The van der Waals surface area contributed by atoms with Gasteiger partial charge in [0.2, 0.25) is 5.88 Å². The van der Waals surface area contributed by atoms with Crippen molar-refractivity contribution in [2.75, 3.05) is 6.54 Å². The van der Waals surface area contributed by atoms with Gasteiger partial charge in [-0.25, -0.2) is 4.98 Å². The van der Waals surface area contributed by atoms with E-state index in [4.69, 9.17) is 10.5 Å². The summed E-state index contributed by atoms with van der Waals surface area (Å²) in [5.41, 5.74) is 6.59. The molecule has 0 fully saturated rings. The van der Waals surface area contributed by atoms with Crippen molar-refractivity contribution in [3.63, 3.8) is 0 Å². The molecule has 2 aromatic rings. The highest BCUT2D eigenvalue weighted by molar-refractivity contribution is 5.24. The van der Waals surface area contributed by atoms with Crippen LogP contribution in [0, 0.1) is 0 Å². The largest absolute Gasteiger partial charge is 0.436 e. The Kier molecular flexibility index (Phi) is 3.72. The van der Waals surface area contributed by atoms with Gasteiger partial charge >= 0.3 is 0 Å². The molecule has 0 unspecified atom stereocenters. The summed E-state index contributed by atoms with van der Waals surface area (Å²) in [5.74, 6) is 1.27. The summed E-state index contributed by atoms with van der Waals surface area (Å²) < 4.78 is 7.37. The summed E-state index contributed by atoms with van der Waals surface area (Å²) in [7, 11) is 0. The fourth-order valence-electron chi connectivity index (χ4n) is 1.48. The fraction of sp³-hybridized carbons (Fsp3) is 0.333. The monoisotopic (exact) mass is 232 g/mol. The minimum Gasteiger partial charge on any atom is -0.436 e. The van der Waals surface area contributed by atoms with Crippen LogP contribution in [-0.2, 0) is 13.0 Å². The van der Waals surface area contributed by atoms with Crippen LogP contribution < -0.4 is 10.5 Å². The second-order valence-electron chi connectivity index (χ2n) is 3.68. The quantitative estimate of drug-likeness (QED) is 0.850. The zero-order valence-electron chi connectivity index (χ0n) is 9.84. The molecule has 0 aliphatic carbocycles. The maximum absolute atomic E-state index is 5.57. The molecule has 0 amide bonds. The number of nitrogens with two attached hydrogens (primary N) is 1. The summed E-state index contributed by atoms with van der Waals surface area (Å²) >= 11 is 0. The van der Waals surface area contributed by atoms with Crippen LogP contribution in [-0.4, -0.2) is 21.3 Å². The van der Waals surface area contributed by atoms with Gasteiger partial charge in [0.05, 0.1) is 12.4 Å². The predicted molar refractivity (Wildman–Crippen MR) is 65.0 cm³/mol. The average molecular weight is 232 g/mol. The van der Waals surface area contributed by atoms with Gasteiger partial charge in [0.15, 0.2) is 5.75 Å². The molecule has 2 aromatic heterocycles. The number of rotatable bonds is 5. The third kappa shape index (κ3) is 3.04. The van der Waals surface area contributed by atoms with Crippen LogP contribution >= 0.6 is 0 Å². The molecule has 0 saturated carbocycles. The maximum Gasteiger partial charge on any atom is 0.219 e. The number of hydrogen-bond donors (Lipinski definition) is 1. The highest BCUT2D eigenvalue weighted by Gasteiger charge is 2.01. The summed E-state index contributed by atoms with van der Waals surface area (Å²) in [4.78, 5) is 4.21. The van der Waals surface area contributed by atoms with Crippen LogP contribution in [0.25, 0.3) is 0 Å². The lowest BCUT2D eigenvalue weighted by atomic mass is 10.2. The Bertz CT molecular complexity index is 464. The van der Waals surface area contributed by atoms with E-state index in [-0.39, 0.29) is 0 Å². The van der Waals surface area contributed by atoms with Crippen molar-refractivity contribution < 1.29 is 4.74 Å². The Labute approximate surface area is 100 Å². The third-order valence-corrected chi connectivity index (χ3v) is 2.39. The van der Waals surface area contributed by atoms with Gasteiger partial charge in [-0.3, -0.25) is 4.68 Å². The molecule has 90 valence electrons. The highest BCUT2D eigenvalue weighted by Crippen LogP contribution is 2.18. The molecule has 0 saturated heterocycles. The Balaban J connectivity index is 2.03. The van der Waals surface area contributed by atoms with Gasteiger partial charge in [0.1, 0.15) is 0 Å². The molecule has 0 spiro atoms. The maximum atomic E-state index is 5.57. The lowest BCUT2D eigenvalue weighted by Gasteiger charge is -2.02. The van der Waals surface area contributed by atoms with Gasteiger partial charge < -0.3 is 10.5 Å². The van der Waals surface area contributed by atoms with Crippen LogP contribution in [0.3, 0.4) is 0 Å². The number of pyridine rings is 1. The van der Waals surface area contributed by atoms with Crippen LogP contribution in [0.1, 0.15) is 12.5 Å². The summed E-state index contributed by atoms with van der Waals surface area (Å²) in [6.07, 6.45) is 6.14. The molecule has 0 radical (unpaired) electrons. The van der Waals surface area contributed by atoms with E-state index in [2.05, 4.69) is 10.1 Å². The summed E-state index contributed by atoms with van der Waals surface area (Å²) in [6.45, 7) is 3.48. The van der Waals surface area contributed by atoms with Gasteiger partial charge in [0, 0.05) is 18.8 Å². The minimum absolute atomic E-state index is 0.571. The van der Waals surface area contributed by atoms with E-state index in [0.717, 1.165) is 18.5 Å². The molecule has 0 aromatic carbocycles. The molecular formula is C12H16N4O. The van der Waals surface area contributed by atoms with Crippen LogP contribution in [0.2, 0.25) is 0 Å². The Hall–Kier alpha value is -1.88. The topological polar surface area (TPSA) is 66.0 Å². The molecule has 5 heteroatoms. The number of ether oxygens (including phenoxy) is 1. The van der Waals surface area contributed by atoms with Gasteiger partial charge in [-0.1, -0.05) is 6.07 Å². The van der Waals surface area contributed by atoms with E-state index in [0.29, 0.717) is 18.2 Å². The zero-order valence-corrected chi connectivity index (χ0v) is 9.84. The van der Waals surface area contributed by atoms with E-state index in [1.54, 1.807) is 17.1 Å². The first kappa shape index (κ1) is 11.6. The summed E-state index contributed by atoms with van der Waals surface area (Å²) in [6, 6.07) is 3.81. The molecule has 2 heterocycles. The van der Waals surface area contributed by atoms with Crippen molar-refractivity contribution >= 4 is 0 Å². The SMILES string of the molecule is CCn1cc(Oc2ccc(CCN)cn2)cn1. The zero-order chi connectivity index (χ0) is 12.1. The lowest BCUT2D eigenvalue weighted by molar-refractivity contribution is 0.461. The Morgan fingerprint density at radius 3 is 2.82 bits per heavy atom. The van der Waals surface area contributed by atoms with Crippen molar-refractivity contribution in [2.24, 2.45) is 5.73 Å². The van der Waals surface area contributed by atoms with Crippen molar-refractivity contribution in [3.05, 3.63) is 36.3 Å². The first-order chi connectivity index (χ1) is 8.31. The van der Waals surface area contributed by atoms with Gasteiger partial charge in [-0.05, 0) is 25.5 Å². The molecule has 0 atom stereocenters. The number of nitrogens with zero attached hydrogens (tertiary/aromatic N) is 3. The van der Waals surface area contributed by atoms with Gasteiger partial charge in [0.25, 0.3) is 0 Å². The minimum atomic E-state index is 0.571. The van der Waals surface area contributed by atoms with Crippen molar-refractivity contribution in [1.29, 1.82) is 0 Å². The molecule has 2 N–H and O–H groups in total. The van der Waals surface area contributed by atoms with E-state index in [1.165, 1.54) is 0 Å². The van der Waals surface area contributed by atoms with Crippen molar-refractivity contribution in [1.82, 2.24) is 14.8 Å². The molecule has 0 bridgehead atoms. The number of aryl methyl sites for hydroxylation is 1. The highest BCUT2D eigenvalue weighted by atomic mass is 16.5. The second kappa shape index (κ2) is 5.45. The van der Waals surface area contributed by atoms with Gasteiger partial charge in [-0.15, -0.1) is 0 Å². The molecule has 0 aliphatic heterocycles. The smallest absolute Gasteiger partial charge is 0.219 e. The predicted octanol–water partition coefficient (Wildman–Crippen LogP) is 1.59. The molecule has 0 aliphatic rings. The van der Waals surface area contributed by atoms with Crippen molar-refractivity contribution in [3.8, 4) is 11.6 Å². The second-order valence-corrected chi connectivity index (χ2v) is 3.68. The molecule has 2 rings (SSSR count). The van der Waals surface area contributed by atoms with Crippen LogP contribution in [0.5, 0.6) is 11.6 Å². The van der Waals surface area contributed by atoms with Crippen LogP contribution in [0.15, 0.2) is 30.7 Å². The number of hydrogen-bond acceptors (Lipinski definition) is 4. The standard InChI is InChI=1S/C12H16N4O/c1-2-16-9-11(8-15-16)17-12-4-3-10(5-6-13)7-14-12/h3-4,7-9H,2,5-6,13H2,1H3. The van der Waals surface area contributed by atoms with E-state index in [1.807, 2.05) is 25.3 Å². The summed E-state index contributed by atoms with van der Waals surface area (Å²) in [5, 5.41) is 4.13. The van der Waals surface area contributed by atoms with E-state index < -0.39 is 0 Å². The van der Waals surface area contributed by atoms with E-state index >= 15 is 0 Å². The van der Waals surface area contributed by atoms with E-state index in [9.17, 15) is 0 Å². The molecule has 5 nitrogen and oxygen atoms in total. The molecule has 17 heavy (non-hydrogen) atoms. The van der Waals surface area contributed by atoms with Gasteiger partial charge in [-0.2, -0.15) is 5.10 Å². The fourth-order valence-corrected chi connectivity index (χ4v) is 1.48. The Morgan fingerprint density at radius 2 is 2.24 bits per heavy atom. The average Bonchev–Trinajstić information content (AvgIpc) is 2.80.